The Kier molecular flexibility index (Phi) is 5.79. The zero-order valence-corrected chi connectivity index (χ0v) is 13.6. The molecule has 5 nitrogen and oxygen atoms in total. The first-order valence-electron chi connectivity index (χ1n) is 5.94. The third-order valence-corrected chi connectivity index (χ3v) is 4.67. The van der Waals surface area contributed by atoms with Gasteiger partial charge in [0.2, 0.25) is 10.0 Å². The highest BCUT2D eigenvalue weighted by Crippen LogP contribution is 2.26. The molecule has 3 N–H and O–H groups in total. The van der Waals surface area contributed by atoms with Crippen LogP contribution in [0.25, 0.3) is 0 Å². The van der Waals surface area contributed by atoms with E-state index in [4.69, 9.17) is 10.5 Å². The highest BCUT2D eigenvalue weighted by molar-refractivity contribution is 9.10. The summed E-state index contributed by atoms with van der Waals surface area (Å²) in [6, 6.07) is 3.22. The molecule has 1 unspecified atom stereocenters. The fourth-order valence-electron chi connectivity index (χ4n) is 1.60. The molecule has 0 amide bonds. The SMILES string of the molecule is CCOC(C)CNS(=O)(=O)c1cc(Br)cc(N)c1C. The Morgan fingerprint density at radius 2 is 2.11 bits per heavy atom. The monoisotopic (exact) mass is 350 g/mol. The molecule has 0 bridgehead atoms. The van der Waals surface area contributed by atoms with Crippen LogP contribution < -0.4 is 10.5 Å². The van der Waals surface area contributed by atoms with Crippen LogP contribution in [0.2, 0.25) is 0 Å². The van der Waals surface area contributed by atoms with Crippen LogP contribution in [-0.2, 0) is 14.8 Å². The normalized spacial score (nSPS) is 13.5. The van der Waals surface area contributed by atoms with E-state index in [1.54, 1.807) is 19.1 Å². The van der Waals surface area contributed by atoms with Crippen molar-refractivity contribution in [1.29, 1.82) is 0 Å². The number of hydrogen-bond acceptors (Lipinski definition) is 4. The van der Waals surface area contributed by atoms with Gasteiger partial charge in [0.15, 0.2) is 0 Å². The van der Waals surface area contributed by atoms with Crippen molar-refractivity contribution in [2.24, 2.45) is 0 Å². The van der Waals surface area contributed by atoms with E-state index in [2.05, 4.69) is 20.7 Å². The van der Waals surface area contributed by atoms with Gasteiger partial charge < -0.3 is 10.5 Å². The second-order valence-electron chi connectivity index (χ2n) is 4.24. The number of halogens is 1. The minimum absolute atomic E-state index is 0.176. The van der Waals surface area contributed by atoms with Gasteiger partial charge in [0.05, 0.1) is 11.0 Å². The number of anilines is 1. The van der Waals surface area contributed by atoms with Crippen molar-refractivity contribution in [3.8, 4) is 0 Å². The van der Waals surface area contributed by atoms with Crippen molar-refractivity contribution in [3.63, 3.8) is 0 Å². The van der Waals surface area contributed by atoms with E-state index in [0.29, 0.717) is 22.3 Å². The quantitative estimate of drug-likeness (QED) is 0.769. The van der Waals surface area contributed by atoms with Crippen molar-refractivity contribution < 1.29 is 13.2 Å². The summed E-state index contributed by atoms with van der Waals surface area (Å²) in [5.74, 6) is 0. The maximum Gasteiger partial charge on any atom is 0.241 e. The Morgan fingerprint density at radius 3 is 2.68 bits per heavy atom. The molecule has 0 aliphatic carbocycles. The molecule has 0 spiro atoms. The van der Waals surface area contributed by atoms with Crippen LogP contribution in [0.15, 0.2) is 21.5 Å². The lowest BCUT2D eigenvalue weighted by Gasteiger charge is -2.15. The fraction of sp³-hybridized carbons (Fsp3) is 0.500. The Balaban J connectivity index is 2.95. The Morgan fingerprint density at radius 1 is 1.47 bits per heavy atom. The topological polar surface area (TPSA) is 81.4 Å². The summed E-state index contributed by atoms with van der Waals surface area (Å²) >= 11 is 3.25. The van der Waals surface area contributed by atoms with Gasteiger partial charge in [-0.2, -0.15) is 0 Å². The molecule has 1 aromatic carbocycles. The Bertz CT molecular complexity index is 546. The molecule has 1 aromatic rings. The number of nitrogens with two attached hydrogens (primary N) is 1. The lowest BCUT2D eigenvalue weighted by atomic mass is 10.2. The van der Waals surface area contributed by atoms with Crippen LogP contribution in [0.4, 0.5) is 5.69 Å². The van der Waals surface area contributed by atoms with E-state index in [9.17, 15) is 8.42 Å². The van der Waals surface area contributed by atoms with Crippen LogP contribution >= 0.6 is 15.9 Å². The third kappa shape index (κ3) is 4.45. The van der Waals surface area contributed by atoms with Crippen LogP contribution in [0.1, 0.15) is 19.4 Å². The molecular formula is C12H19BrN2O3S. The molecule has 0 saturated heterocycles. The van der Waals surface area contributed by atoms with Crippen LogP contribution in [-0.4, -0.2) is 27.7 Å². The molecule has 0 radical (unpaired) electrons. The average molecular weight is 351 g/mol. The minimum atomic E-state index is -3.59. The van der Waals surface area contributed by atoms with Gasteiger partial charge in [0.25, 0.3) is 0 Å². The third-order valence-electron chi connectivity index (χ3n) is 2.67. The molecule has 19 heavy (non-hydrogen) atoms. The number of hydrogen-bond donors (Lipinski definition) is 2. The van der Waals surface area contributed by atoms with E-state index < -0.39 is 10.0 Å². The van der Waals surface area contributed by atoms with E-state index in [1.807, 2.05) is 13.8 Å². The predicted molar refractivity (Wildman–Crippen MR) is 79.6 cm³/mol. The summed E-state index contributed by atoms with van der Waals surface area (Å²) in [6.45, 7) is 6.13. The minimum Gasteiger partial charge on any atom is -0.398 e. The molecule has 1 rings (SSSR count). The first kappa shape index (κ1) is 16.4. The number of sulfonamides is 1. The number of rotatable bonds is 6. The summed E-state index contributed by atoms with van der Waals surface area (Å²) in [5, 5.41) is 0. The molecular weight excluding hydrogens is 332 g/mol. The first-order chi connectivity index (χ1) is 8.77. The largest absolute Gasteiger partial charge is 0.398 e. The fourth-order valence-corrected chi connectivity index (χ4v) is 3.64. The zero-order chi connectivity index (χ0) is 14.6. The molecule has 0 saturated carbocycles. The Hall–Kier alpha value is -0.630. The van der Waals surface area contributed by atoms with Gasteiger partial charge in [0.1, 0.15) is 0 Å². The number of ether oxygens (including phenoxy) is 1. The predicted octanol–water partition coefficient (Wildman–Crippen LogP) is 2.04. The van der Waals surface area contributed by atoms with Gasteiger partial charge >= 0.3 is 0 Å². The van der Waals surface area contributed by atoms with Crippen molar-refractivity contribution in [2.45, 2.75) is 31.8 Å². The molecule has 7 heteroatoms. The molecule has 0 aromatic heterocycles. The van der Waals surface area contributed by atoms with E-state index >= 15 is 0 Å². The molecule has 0 heterocycles. The average Bonchev–Trinajstić information content (AvgIpc) is 2.31. The molecule has 1 atom stereocenters. The van der Waals surface area contributed by atoms with Gasteiger partial charge in [-0.1, -0.05) is 15.9 Å². The number of benzene rings is 1. The van der Waals surface area contributed by atoms with Crippen LogP contribution in [0, 0.1) is 6.92 Å². The molecule has 108 valence electrons. The highest BCUT2D eigenvalue weighted by atomic mass is 79.9. The maximum absolute atomic E-state index is 12.2. The van der Waals surface area contributed by atoms with E-state index in [-0.39, 0.29) is 17.5 Å². The lowest BCUT2D eigenvalue weighted by Crippen LogP contribution is -2.32. The standard InChI is InChI=1S/C12H19BrN2O3S/c1-4-18-8(2)7-15-19(16,17)12-6-10(13)5-11(14)9(12)3/h5-6,8,15H,4,7,14H2,1-3H3. The van der Waals surface area contributed by atoms with Crippen LogP contribution in [0.3, 0.4) is 0 Å². The Labute approximate surface area is 122 Å². The number of nitrogen functional groups attached to an aromatic ring is 1. The first-order valence-corrected chi connectivity index (χ1v) is 8.22. The van der Waals surface area contributed by atoms with Crippen molar-refractivity contribution in [1.82, 2.24) is 4.72 Å². The van der Waals surface area contributed by atoms with Gasteiger partial charge in [0, 0.05) is 23.3 Å². The summed E-state index contributed by atoms with van der Waals surface area (Å²) in [7, 11) is -3.59. The summed E-state index contributed by atoms with van der Waals surface area (Å²) in [4.78, 5) is 0.183. The van der Waals surface area contributed by atoms with Crippen molar-refractivity contribution in [3.05, 3.63) is 22.2 Å². The zero-order valence-electron chi connectivity index (χ0n) is 11.2. The smallest absolute Gasteiger partial charge is 0.241 e. The second kappa shape index (κ2) is 6.69. The van der Waals surface area contributed by atoms with Crippen molar-refractivity contribution >= 4 is 31.6 Å². The molecule has 0 aliphatic rings. The van der Waals surface area contributed by atoms with Crippen LogP contribution in [0.5, 0.6) is 0 Å². The van der Waals surface area contributed by atoms with Gasteiger partial charge in [-0.3, -0.25) is 0 Å². The maximum atomic E-state index is 12.2. The second-order valence-corrected chi connectivity index (χ2v) is 6.89. The van der Waals surface area contributed by atoms with E-state index in [1.165, 1.54) is 0 Å². The van der Waals surface area contributed by atoms with E-state index in [0.717, 1.165) is 0 Å². The van der Waals surface area contributed by atoms with Gasteiger partial charge in [-0.05, 0) is 38.5 Å². The van der Waals surface area contributed by atoms with Gasteiger partial charge in [-0.25, -0.2) is 13.1 Å². The lowest BCUT2D eigenvalue weighted by molar-refractivity contribution is 0.0799. The summed E-state index contributed by atoms with van der Waals surface area (Å²) in [5.41, 5.74) is 6.75. The van der Waals surface area contributed by atoms with Crippen molar-refractivity contribution in [2.75, 3.05) is 18.9 Å². The molecule has 0 aliphatic heterocycles. The number of nitrogens with one attached hydrogen (secondary N) is 1. The summed E-state index contributed by atoms with van der Waals surface area (Å²) in [6.07, 6.45) is -0.176. The summed E-state index contributed by atoms with van der Waals surface area (Å²) < 4.78 is 32.9. The highest BCUT2D eigenvalue weighted by Gasteiger charge is 2.19. The van der Waals surface area contributed by atoms with Gasteiger partial charge in [-0.15, -0.1) is 0 Å². The molecule has 0 fully saturated rings.